The summed E-state index contributed by atoms with van der Waals surface area (Å²) in [5, 5.41) is 0. The number of aryl methyl sites for hydroxylation is 2. The Kier molecular flexibility index (Phi) is 5.14. The highest BCUT2D eigenvalue weighted by atomic mass is 16.5. The predicted molar refractivity (Wildman–Crippen MR) is 82.3 cm³/mol. The van der Waals surface area contributed by atoms with Gasteiger partial charge in [-0.1, -0.05) is 12.1 Å². The number of hydrogen-bond donors (Lipinski definition) is 0. The number of esters is 1. The minimum absolute atomic E-state index is 0.232. The molecule has 0 radical (unpaired) electrons. The van der Waals surface area contributed by atoms with Crippen LogP contribution in [0.1, 0.15) is 27.2 Å². The van der Waals surface area contributed by atoms with Crippen molar-refractivity contribution in [1.29, 1.82) is 0 Å². The number of ether oxygens (including phenoxy) is 1. The molecule has 5 nitrogen and oxygen atoms in total. The molecule has 0 aliphatic carbocycles. The van der Waals surface area contributed by atoms with Crippen molar-refractivity contribution in [1.82, 2.24) is 9.97 Å². The molecule has 0 atom stereocenters. The summed E-state index contributed by atoms with van der Waals surface area (Å²) in [6.45, 7) is 3.62. The maximum atomic E-state index is 12.0. The second-order valence-electron chi connectivity index (χ2n) is 4.79. The first-order valence-electron chi connectivity index (χ1n) is 6.77. The van der Waals surface area contributed by atoms with Crippen LogP contribution in [0, 0.1) is 13.8 Å². The fraction of sp³-hybridized carbons (Fsp3) is 0.176. The number of nitrogens with zero attached hydrogens (tertiary/aromatic N) is 2. The van der Waals surface area contributed by atoms with E-state index in [-0.39, 0.29) is 12.4 Å². The van der Waals surface area contributed by atoms with Crippen molar-refractivity contribution < 1.29 is 14.3 Å². The molecule has 0 saturated heterocycles. The summed E-state index contributed by atoms with van der Waals surface area (Å²) in [5.74, 6) is -0.827. The molecule has 0 aliphatic heterocycles. The van der Waals surface area contributed by atoms with E-state index in [0.717, 1.165) is 11.1 Å². The number of ketones is 1. The van der Waals surface area contributed by atoms with Gasteiger partial charge in [0.1, 0.15) is 0 Å². The first-order valence-corrected chi connectivity index (χ1v) is 6.77. The van der Waals surface area contributed by atoms with Crippen molar-refractivity contribution in [2.45, 2.75) is 13.8 Å². The highest BCUT2D eigenvalue weighted by Gasteiger charge is 2.09. The molecule has 22 heavy (non-hydrogen) atoms. The van der Waals surface area contributed by atoms with Gasteiger partial charge in [-0.15, -0.1) is 0 Å². The molecule has 0 N–H and O–H groups in total. The smallest absolute Gasteiger partial charge is 0.331 e. The molecule has 0 unspecified atom stereocenters. The number of aromatic nitrogens is 2. The second kappa shape index (κ2) is 7.26. The molecular formula is C17H16N2O3. The van der Waals surface area contributed by atoms with Crippen LogP contribution in [0.15, 0.2) is 42.9 Å². The van der Waals surface area contributed by atoms with Crippen molar-refractivity contribution in [3.05, 3.63) is 65.2 Å². The fourth-order valence-electron chi connectivity index (χ4n) is 1.73. The van der Waals surface area contributed by atoms with Gasteiger partial charge in [0.25, 0.3) is 0 Å². The molecule has 1 aromatic carbocycles. The lowest BCUT2D eigenvalue weighted by Gasteiger charge is -2.05. The molecule has 0 spiro atoms. The third-order valence-corrected chi connectivity index (χ3v) is 3.15. The van der Waals surface area contributed by atoms with E-state index in [1.54, 1.807) is 12.1 Å². The Balaban J connectivity index is 1.89. The van der Waals surface area contributed by atoms with Crippen LogP contribution in [0.4, 0.5) is 0 Å². The molecule has 0 amide bonds. The highest BCUT2D eigenvalue weighted by Crippen LogP contribution is 2.10. The van der Waals surface area contributed by atoms with E-state index in [2.05, 4.69) is 9.97 Å². The van der Waals surface area contributed by atoms with E-state index in [4.69, 9.17) is 4.74 Å². The van der Waals surface area contributed by atoms with E-state index in [1.807, 2.05) is 19.9 Å². The Hall–Kier alpha value is -2.82. The molecule has 0 fully saturated rings. The SMILES string of the molecule is Cc1ccc(C(=O)COC(=O)/C=C\c2cnccn2)cc1C. The van der Waals surface area contributed by atoms with Gasteiger partial charge in [0.2, 0.25) is 0 Å². The number of rotatable bonds is 5. The number of carbonyl (C=O) groups excluding carboxylic acids is 2. The van der Waals surface area contributed by atoms with E-state index in [1.165, 1.54) is 30.7 Å². The van der Waals surface area contributed by atoms with Crippen molar-refractivity contribution in [3.63, 3.8) is 0 Å². The lowest BCUT2D eigenvalue weighted by molar-refractivity contribution is -0.136. The average molecular weight is 296 g/mol. The Morgan fingerprint density at radius 1 is 1.18 bits per heavy atom. The first-order chi connectivity index (χ1) is 10.6. The zero-order chi connectivity index (χ0) is 15.9. The van der Waals surface area contributed by atoms with Crippen molar-refractivity contribution in [3.8, 4) is 0 Å². The van der Waals surface area contributed by atoms with Crippen LogP contribution in [-0.2, 0) is 9.53 Å². The lowest BCUT2D eigenvalue weighted by Crippen LogP contribution is -2.12. The molecule has 1 aromatic heterocycles. The Bertz CT molecular complexity index is 709. The van der Waals surface area contributed by atoms with Crippen molar-refractivity contribution in [2.24, 2.45) is 0 Å². The monoisotopic (exact) mass is 296 g/mol. The molecule has 1 heterocycles. The molecule has 112 valence electrons. The predicted octanol–water partition coefficient (Wildman–Crippen LogP) is 2.53. The molecule has 0 saturated carbocycles. The van der Waals surface area contributed by atoms with Gasteiger partial charge in [-0.2, -0.15) is 0 Å². The lowest BCUT2D eigenvalue weighted by atomic mass is 10.0. The van der Waals surface area contributed by atoms with Crippen LogP contribution < -0.4 is 0 Å². The molecule has 2 aromatic rings. The highest BCUT2D eigenvalue weighted by molar-refractivity contribution is 5.99. The van der Waals surface area contributed by atoms with Gasteiger partial charge in [-0.25, -0.2) is 4.79 Å². The van der Waals surface area contributed by atoms with E-state index < -0.39 is 5.97 Å². The molecule has 0 aliphatic rings. The summed E-state index contributed by atoms with van der Waals surface area (Å²) in [6.07, 6.45) is 7.28. The second-order valence-corrected chi connectivity index (χ2v) is 4.79. The van der Waals surface area contributed by atoms with Crippen LogP contribution in [0.2, 0.25) is 0 Å². The van der Waals surface area contributed by atoms with Crippen LogP contribution >= 0.6 is 0 Å². The van der Waals surface area contributed by atoms with E-state index in [9.17, 15) is 9.59 Å². The van der Waals surface area contributed by atoms with Gasteiger partial charge in [0.05, 0.1) is 11.9 Å². The molecular weight excluding hydrogens is 280 g/mol. The minimum Gasteiger partial charge on any atom is -0.454 e. The van der Waals surface area contributed by atoms with Crippen LogP contribution in [0.5, 0.6) is 0 Å². The quantitative estimate of drug-likeness (QED) is 0.482. The average Bonchev–Trinajstić information content (AvgIpc) is 2.54. The zero-order valence-electron chi connectivity index (χ0n) is 12.4. The first kappa shape index (κ1) is 15.6. The Labute approximate surface area is 128 Å². The largest absolute Gasteiger partial charge is 0.454 e. The van der Waals surface area contributed by atoms with Crippen LogP contribution in [-0.4, -0.2) is 28.3 Å². The van der Waals surface area contributed by atoms with Gasteiger partial charge in [0, 0.05) is 24.0 Å². The summed E-state index contributed by atoms with van der Waals surface area (Å²) in [5.41, 5.74) is 3.22. The van der Waals surface area contributed by atoms with Crippen molar-refractivity contribution in [2.75, 3.05) is 6.61 Å². The zero-order valence-corrected chi connectivity index (χ0v) is 12.4. The Morgan fingerprint density at radius 2 is 2.00 bits per heavy atom. The fourth-order valence-corrected chi connectivity index (χ4v) is 1.73. The summed E-state index contributed by atoms with van der Waals surface area (Å²) in [4.78, 5) is 31.4. The Morgan fingerprint density at radius 3 is 2.68 bits per heavy atom. The van der Waals surface area contributed by atoms with Gasteiger partial charge >= 0.3 is 5.97 Å². The number of benzene rings is 1. The normalized spacial score (nSPS) is 10.6. The van der Waals surface area contributed by atoms with Gasteiger partial charge in [-0.05, 0) is 37.1 Å². The van der Waals surface area contributed by atoms with Crippen molar-refractivity contribution >= 4 is 17.8 Å². The molecule has 0 bridgehead atoms. The van der Waals surface area contributed by atoms with E-state index >= 15 is 0 Å². The topological polar surface area (TPSA) is 69.2 Å². The standard InChI is InChI=1S/C17H16N2O3/c1-12-3-4-14(9-13(12)2)16(20)11-22-17(21)6-5-15-10-18-7-8-19-15/h3-10H,11H2,1-2H3/b6-5-. The minimum atomic E-state index is -0.595. The van der Waals surface area contributed by atoms with Gasteiger partial charge in [-0.3, -0.25) is 14.8 Å². The maximum absolute atomic E-state index is 12.0. The summed E-state index contributed by atoms with van der Waals surface area (Å²) < 4.78 is 4.93. The number of hydrogen-bond acceptors (Lipinski definition) is 5. The third-order valence-electron chi connectivity index (χ3n) is 3.15. The van der Waals surface area contributed by atoms with E-state index in [0.29, 0.717) is 11.3 Å². The number of carbonyl (C=O) groups is 2. The van der Waals surface area contributed by atoms with Crippen LogP contribution in [0.25, 0.3) is 6.08 Å². The summed E-state index contributed by atoms with van der Waals surface area (Å²) in [7, 11) is 0. The van der Waals surface area contributed by atoms with Gasteiger partial charge < -0.3 is 4.74 Å². The number of Topliss-reactive ketones (excluding diaryl/α,β-unsaturated/α-hetero) is 1. The summed E-state index contributed by atoms with van der Waals surface area (Å²) >= 11 is 0. The molecule has 2 rings (SSSR count). The van der Waals surface area contributed by atoms with Crippen LogP contribution in [0.3, 0.4) is 0 Å². The molecule has 5 heteroatoms. The van der Waals surface area contributed by atoms with Gasteiger partial charge in [0.15, 0.2) is 12.4 Å². The summed E-state index contributed by atoms with van der Waals surface area (Å²) in [6, 6.07) is 5.40. The third kappa shape index (κ3) is 4.34. The maximum Gasteiger partial charge on any atom is 0.331 e.